The quantitative estimate of drug-likeness (QED) is 0.433. The van der Waals surface area contributed by atoms with E-state index in [0.29, 0.717) is 0 Å². The maximum Gasteiger partial charge on any atom is 0.429 e. The summed E-state index contributed by atoms with van der Waals surface area (Å²) in [5.74, 6) is 0. The number of hydrogen-bond acceptors (Lipinski definition) is 10. The van der Waals surface area contributed by atoms with Gasteiger partial charge in [-0.2, -0.15) is 0 Å². The highest BCUT2D eigenvalue weighted by Gasteiger charge is 2.59. The number of ether oxygens (including phenoxy) is 4. The molecule has 13 heteroatoms. The second-order valence-electron chi connectivity index (χ2n) is 5.64. The number of rotatable bonds is 8. The van der Waals surface area contributed by atoms with Gasteiger partial charge in [-0.25, -0.2) is 0 Å². The molecule has 0 heterocycles. The first-order valence-corrected chi connectivity index (χ1v) is 14.7. The molecule has 0 atom stereocenters. The van der Waals surface area contributed by atoms with Crippen molar-refractivity contribution in [2.75, 3.05) is 28.4 Å². The van der Waals surface area contributed by atoms with Gasteiger partial charge in [-0.3, -0.25) is 19.2 Å². The molecule has 25 heavy (non-hydrogen) atoms. The first kappa shape index (κ1) is 23.5. The Kier molecular flexibility index (Phi) is 8.16. The number of carbonyl (C=O) groups is 4. The van der Waals surface area contributed by atoms with Crippen molar-refractivity contribution in [2.24, 2.45) is 0 Å². The first-order valence-electron chi connectivity index (χ1n) is 7.08. The molecule has 10 nitrogen and oxygen atoms in total. The van der Waals surface area contributed by atoms with E-state index in [1.807, 2.05) is 0 Å². The Labute approximate surface area is 149 Å². The highest BCUT2D eigenvalue weighted by Crippen LogP contribution is 2.25. The van der Waals surface area contributed by atoms with Crippen molar-refractivity contribution in [3.63, 3.8) is 0 Å². The lowest BCUT2D eigenvalue weighted by Gasteiger charge is -2.35. The zero-order chi connectivity index (χ0) is 20.1. The van der Waals surface area contributed by atoms with Crippen LogP contribution in [0.15, 0.2) is 0 Å². The molecule has 0 aliphatic carbocycles. The summed E-state index contributed by atoms with van der Waals surface area (Å²) in [6.07, 6.45) is 0. The van der Waals surface area contributed by atoms with Gasteiger partial charge in [0.25, 0.3) is 0 Å². The lowest BCUT2D eigenvalue weighted by atomic mass is 11.4. The van der Waals surface area contributed by atoms with E-state index in [-0.39, 0.29) is 0 Å². The Hall–Kier alpha value is -1.55. The fourth-order valence-corrected chi connectivity index (χ4v) is 13.7. The van der Waals surface area contributed by atoms with E-state index in [4.69, 9.17) is 8.23 Å². The predicted molar refractivity (Wildman–Crippen MR) is 92.5 cm³/mol. The average Bonchev–Trinajstić information content (AvgIpc) is 2.56. The zero-order valence-electron chi connectivity index (χ0n) is 15.6. The number of carbonyl (C=O) groups excluding carboxylic acids is 4. The molecule has 0 saturated carbocycles. The second-order valence-corrected chi connectivity index (χ2v) is 15.8. The topological polar surface area (TPSA) is 124 Å². The summed E-state index contributed by atoms with van der Waals surface area (Å²) in [7, 11) is -6.64. The fourth-order valence-electron chi connectivity index (χ4n) is 2.12. The van der Waals surface area contributed by atoms with E-state index in [2.05, 4.69) is 18.9 Å². The molecule has 0 bridgehead atoms. The molecular weight excluding hydrogens is 388 g/mol. The first-order chi connectivity index (χ1) is 11.3. The molecule has 0 amide bonds. The summed E-state index contributed by atoms with van der Waals surface area (Å²) in [5.41, 5.74) is -3.49. The van der Waals surface area contributed by atoms with Gasteiger partial charge < -0.3 is 27.2 Å². The third-order valence-corrected chi connectivity index (χ3v) is 14.3. The minimum absolute atomic E-state index is 0.872. The predicted octanol–water partition coefficient (Wildman–Crippen LogP) is 2.26. The molecule has 0 aromatic heterocycles. The number of methoxy groups -OCH3 is 4. The van der Waals surface area contributed by atoms with Crippen LogP contribution >= 0.6 is 0 Å². The van der Waals surface area contributed by atoms with Crippen LogP contribution in [0.1, 0.15) is 0 Å². The second kappa shape index (κ2) is 8.70. The van der Waals surface area contributed by atoms with Crippen molar-refractivity contribution in [2.45, 2.75) is 26.2 Å². The lowest BCUT2D eigenvalue weighted by Crippen LogP contribution is -2.64. The standard InChI is InChI=1S/C12H24O10Si3/c1-17-9(13)24(7,10(14)18-2)21-23(5,6)22-25(8,11(15)19-3)12(16)20-4/h1-8H3. The van der Waals surface area contributed by atoms with Crippen molar-refractivity contribution in [3.8, 4) is 0 Å². The summed E-state index contributed by atoms with van der Waals surface area (Å²) in [5, 5.41) is 0. The van der Waals surface area contributed by atoms with Gasteiger partial charge in [-0.1, -0.05) is 0 Å². The lowest BCUT2D eigenvalue weighted by molar-refractivity contribution is 0.174. The highest BCUT2D eigenvalue weighted by molar-refractivity contribution is 7.23. The third kappa shape index (κ3) is 5.21. The van der Waals surface area contributed by atoms with Gasteiger partial charge in [0.1, 0.15) is 0 Å². The molecule has 0 spiro atoms. The van der Waals surface area contributed by atoms with Gasteiger partial charge in [-0.15, -0.1) is 0 Å². The van der Waals surface area contributed by atoms with Crippen LogP contribution < -0.4 is 0 Å². The monoisotopic (exact) mass is 412 g/mol. The Morgan fingerprint density at radius 3 is 0.880 bits per heavy atom. The molecule has 0 fully saturated rings. The minimum Gasteiger partial charge on any atom is -0.471 e. The Balaban J connectivity index is 5.80. The molecule has 0 aliphatic rings. The van der Waals surface area contributed by atoms with E-state index in [0.717, 1.165) is 28.4 Å². The van der Waals surface area contributed by atoms with Gasteiger partial charge in [0.2, 0.25) is 0 Å². The zero-order valence-corrected chi connectivity index (χ0v) is 18.6. The maximum absolute atomic E-state index is 12.1. The normalized spacial score (nSPS) is 12.2. The van der Waals surface area contributed by atoms with Gasteiger partial charge in [0, 0.05) is 0 Å². The van der Waals surface area contributed by atoms with E-state index in [1.54, 1.807) is 0 Å². The molecule has 0 aliphatic heterocycles. The SMILES string of the molecule is COC(=O)[Si](C)(O[Si](C)(C)O[Si](C)(C(=O)OC)C(=O)OC)C(=O)OC. The van der Waals surface area contributed by atoms with E-state index in [9.17, 15) is 19.2 Å². The molecule has 0 aromatic rings. The molecule has 0 rings (SSSR count). The smallest absolute Gasteiger partial charge is 0.429 e. The van der Waals surface area contributed by atoms with Crippen molar-refractivity contribution in [1.82, 2.24) is 0 Å². The molecule has 0 aromatic carbocycles. The molecule has 144 valence electrons. The van der Waals surface area contributed by atoms with Crippen LogP contribution in [0.3, 0.4) is 0 Å². The van der Waals surface area contributed by atoms with Crippen LogP contribution in [0.4, 0.5) is 19.2 Å². The molecule has 0 N–H and O–H groups in total. The average molecular weight is 413 g/mol. The summed E-state index contributed by atoms with van der Waals surface area (Å²) >= 11 is 0. The van der Waals surface area contributed by atoms with Crippen molar-refractivity contribution in [3.05, 3.63) is 0 Å². The van der Waals surface area contributed by atoms with Gasteiger partial charge >= 0.3 is 47.6 Å². The van der Waals surface area contributed by atoms with Crippen molar-refractivity contribution in [1.29, 1.82) is 0 Å². The largest absolute Gasteiger partial charge is 0.471 e. The van der Waals surface area contributed by atoms with Crippen LogP contribution in [-0.4, -0.2) is 76.0 Å². The Bertz CT molecular complexity index is 469. The van der Waals surface area contributed by atoms with E-state index >= 15 is 0 Å². The summed E-state index contributed by atoms with van der Waals surface area (Å²) in [6.45, 7) is 5.55. The molecular formula is C12H24O10Si3. The summed E-state index contributed by atoms with van der Waals surface area (Å²) in [4.78, 5) is 48.3. The van der Waals surface area contributed by atoms with Crippen molar-refractivity contribution < 1.29 is 46.4 Å². The van der Waals surface area contributed by atoms with Crippen LogP contribution in [-0.2, 0) is 27.2 Å². The van der Waals surface area contributed by atoms with E-state index in [1.165, 1.54) is 26.2 Å². The summed E-state index contributed by atoms with van der Waals surface area (Å²) in [6, 6.07) is 0. The van der Waals surface area contributed by atoms with Crippen LogP contribution in [0.25, 0.3) is 0 Å². The number of hydrogen-bond donors (Lipinski definition) is 0. The molecule has 0 radical (unpaired) electrons. The maximum atomic E-state index is 12.1. The van der Waals surface area contributed by atoms with Gasteiger partial charge in [0.05, 0.1) is 28.4 Å². The van der Waals surface area contributed by atoms with Crippen LogP contribution in [0.2, 0.25) is 26.2 Å². The third-order valence-electron chi connectivity index (χ3n) is 3.20. The summed E-state index contributed by atoms with van der Waals surface area (Å²) < 4.78 is 30.1. The Morgan fingerprint density at radius 1 is 0.520 bits per heavy atom. The van der Waals surface area contributed by atoms with Crippen LogP contribution in [0, 0.1) is 0 Å². The van der Waals surface area contributed by atoms with E-state index < -0.39 is 47.6 Å². The molecule has 0 saturated heterocycles. The Morgan fingerprint density at radius 2 is 0.720 bits per heavy atom. The fraction of sp³-hybridized carbons (Fsp3) is 0.667. The van der Waals surface area contributed by atoms with Crippen LogP contribution in [0.5, 0.6) is 0 Å². The van der Waals surface area contributed by atoms with Crippen molar-refractivity contribution >= 4 is 47.6 Å². The van der Waals surface area contributed by atoms with Gasteiger partial charge in [0.15, 0.2) is 0 Å². The highest BCUT2D eigenvalue weighted by atomic mass is 28.5. The van der Waals surface area contributed by atoms with Gasteiger partial charge in [-0.05, 0) is 26.2 Å². The molecule has 0 unspecified atom stereocenters. The minimum atomic E-state index is -3.85.